The predicted octanol–water partition coefficient (Wildman–Crippen LogP) is 3.00. The molecule has 0 amide bonds. The zero-order valence-electron chi connectivity index (χ0n) is 24.3. The molecule has 4 rings (SSSR count). The van der Waals surface area contributed by atoms with Crippen molar-refractivity contribution in [2.75, 3.05) is 18.6 Å². The Hall–Kier alpha value is -1.97. The summed E-state index contributed by atoms with van der Waals surface area (Å²) in [6.45, 7) is 4.11. The minimum Gasteiger partial charge on any atom is -0.875 e. The molecule has 214 valence electrons. The Morgan fingerprint density at radius 3 is 1.88 bits per heavy atom. The number of hydrogen-bond donors (Lipinski definition) is 1. The van der Waals surface area contributed by atoms with Crippen molar-refractivity contribution in [3.8, 4) is 0 Å². The van der Waals surface area contributed by atoms with E-state index in [1.54, 1.807) is 11.8 Å². The molecule has 0 saturated heterocycles. The molecule has 0 fully saturated rings. The summed E-state index contributed by atoms with van der Waals surface area (Å²) in [5.74, 6) is 0.0941. The normalized spacial score (nSPS) is 20.1. The molecule has 1 N–H and O–H groups in total. The molecule has 3 unspecified atom stereocenters. The minimum absolute atomic E-state index is 0. The summed E-state index contributed by atoms with van der Waals surface area (Å²) < 4.78 is 4.71. The number of ketones is 2. The zero-order chi connectivity index (χ0) is 29.1. The molecule has 2 aliphatic carbocycles. The Labute approximate surface area is 273 Å². The summed E-state index contributed by atoms with van der Waals surface area (Å²) in [5.41, 5.74) is 2.47. The van der Waals surface area contributed by atoms with Gasteiger partial charge in [0, 0.05) is 35.1 Å². The van der Waals surface area contributed by atoms with E-state index in [1.807, 2.05) is 43.0 Å². The van der Waals surface area contributed by atoms with Crippen LogP contribution in [0, 0.1) is 31.6 Å². The fraction of sp³-hybridized carbons (Fsp3) is 0.406. The van der Waals surface area contributed by atoms with Crippen molar-refractivity contribution >= 4 is 41.1 Å². The van der Waals surface area contributed by atoms with Gasteiger partial charge in [-0.25, -0.2) is 0 Å². The second kappa shape index (κ2) is 17.9. The van der Waals surface area contributed by atoms with Crippen LogP contribution in [0.2, 0.25) is 0 Å². The van der Waals surface area contributed by atoms with E-state index in [9.17, 15) is 24.6 Å². The molecule has 0 radical (unpaired) electrons. The van der Waals surface area contributed by atoms with Crippen LogP contribution in [-0.2, 0) is 19.1 Å². The van der Waals surface area contributed by atoms with E-state index in [-0.39, 0.29) is 59.2 Å². The van der Waals surface area contributed by atoms with Gasteiger partial charge in [-0.05, 0) is 80.4 Å². The molecule has 0 aliphatic heterocycles. The largest absolute Gasteiger partial charge is 1.00 e. The van der Waals surface area contributed by atoms with Gasteiger partial charge in [0.05, 0.1) is 18.8 Å². The van der Waals surface area contributed by atoms with Gasteiger partial charge in [-0.3, -0.25) is 14.4 Å². The van der Waals surface area contributed by atoms with Crippen LogP contribution in [-0.4, -0.2) is 41.3 Å². The maximum absolute atomic E-state index is 11.9. The van der Waals surface area contributed by atoms with Gasteiger partial charge in [0.1, 0.15) is 0 Å². The third-order valence-electron chi connectivity index (χ3n) is 6.91. The standard InChI is InChI=1S/C17H20O4S.C15H18O2S.Na/c1-11-3-5-14(6-4-11)22-8-7-12-9-13(18)10-15(19)16(12)17(20)21-2;1-11-2-4-15(5-3-11)18-7-6-12-8-13(16)10-14(17)9-12;/h3-6,10,12,16,19H,7-9H2,1-2H3;2-5,10,12,16H,6-9H2,1H3;/q;;+1/p-1. The van der Waals surface area contributed by atoms with Crippen LogP contribution in [0.3, 0.4) is 0 Å². The van der Waals surface area contributed by atoms with Crippen molar-refractivity contribution < 1.29 is 58.9 Å². The molecule has 9 heteroatoms. The topological polar surface area (TPSA) is 104 Å². The van der Waals surface area contributed by atoms with Crippen molar-refractivity contribution in [1.82, 2.24) is 0 Å². The molecule has 3 atom stereocenters. The SMILES string of the molecule is COC(=O)C1C([O-])=CC(=O)CC1CCSc1ccc(C)cc1.Cc1ccc(SCCC2CC(=O)C=C(O)C2)cc1.[Na+]. The maximum Gasteiger partial charge on any atom is 1.00 e. The number of aryl methyl sites for hydroxylation is 2. The van der Waals surface area contributed by atoms with E-state index < -0.39 is 17.6 Å². The fourth-order valence-corrected chi connectivity index (χ4v) is 6.72. The van der Waals surface area contributed by atoms with Crippen LogP contribution >= 0.6 is 23.5 Å². The molecular formula is C32H37NaO6S2. The number of carbonyl (C=O) groups is 3. The second-order valence-corrected chi connectivity index (χ2v) is 12.6. The molecule has 6 nitrogen and oxygen atoms in total. The first-order chi connectivity index (χ1) is 19.1. The molecular weight excluding hydrogens is 567 g/mol. The van der Waals surface area contributed by atoms with Gasteiger partial charge < -0.3 is 14.9 Å². The number of esters is 1. The molecule has 41 heavy (non-hydrogen) atoms. The molecule has 0 bridgehead atoms. The summed E-state index contributed by atoms with van der Waals surface area (Å²) in [7, 11) is 1.27. The van der Waals surface area contributed by atoms with Crippen molar-refractivity contribution in [2.45, 2.75) is 55.7 Å². The first-order valence-corrected chi connectivity index (χ1v) is 15.4. The third kappa shape index (κ3) is 12.0. The van der Waals surface area contributed by atoms with Gasteiger partial charge in [-0.1, -0.05) is 35.4 Å². The molecule has 0 spiro atoms. The number of carbonyl (C=O) groups excluding carboxylic acids is 3. The summed E-state index contributed by atoms with van der Waals surface area (Å²) in [4.78, 5) is 37.1. The first-order valence-electron chi connectivity index (χ1n) is 13.4. The quantitative estimate of drug-likeness (QED) is 0.265. The number of aliphatic hydroxyl groups excluding tert-OH is 1. The number of aliphatic hydroxyl groups is 1. The number of rotatable bonds is 9. The van der Waals surface area contributed by atoms with E-state index in [2.05, 4.69) is 31.2 Å². The second-order valence-electron chi connectivity index (χ2n) is 10.3. The van der Waals surface area contributed by atoms with E-state index in [1.165, 1.54) is 29.2 Å². The zero-order valence-corrected chi connectivity index (χ0v) is 27.9. The van der Waals surface area contributed by atoms with Crippen LogP contribution in [0.25, 0.3) is 0 Å². The average molecular weight is 605 g/mol. The molecule has 0 aromatic heterocycles. The Bertz CT molecular complexity index is 1220. The van der Waals surface area contributed by atoms with Crippen molar-refractivity contribution in [1.29, 1.82) is 0 Å². The Balaban J connectivity index is 0.000000285. The van der Waals surface area contributed by atoms with E-state index in [0.717, 1.165) is 28.9 Å². The van der Waals surface area contributed by atoms with E-state index in [0.29, 0.717) is 25.2 Å². The van der Waals surface area contributed by atoms with Crippen LogP contribution in [0.1, 0.15) is 43.2 Å². The van der Waals surface area contributed by atoms with Crippen LogP contribution in [0.4, 0.5) is 0 Å². The number of ether oxygens (including phenoxy) is 1. The maximum atomic E-state index is 11.9. The predicted molar refractivity (Wildman–Crippen MR) is 158 cm³/mol. The summed E-state index contributed by atoms with van der Waals surface area (Å²) in [6.07, 6.45) is 5.47. The minimum atomic E-state index is -0.832. The number of benzene rings is 2. The summed E-state index contributed by atoms with van der Waals surface area (Å²) >= 11 is 3.47. The number of thioether (sulfide) groups is 2. The Morgan fingerprint density at radius 2 is 1.37 bits per heavy atom. The van der Waals surface area contributed by atoms with Crippen molar-refractivity contribution in [2.24, 2.45) is 17.8 Å². The van der Waals surface area contributed by atoms with Gasteiger partial charge in [-0.2, -0.15) is 0 Å². The molecule has 2 aromatic rings. The Morgan fingerprint density at radius 1 is 0.854 bits per heavy atom. The summed E-state index contributed by atoms with van der Waals surface area (Å²) in [5, 5.41) is 21.3. The summed E-state index contributed by atoms with van der Waals surface area (Å²) in [6, 6.07) is 16.7. The smallest absolute Gasteiger partial charge is 0.875 e. The Kier molecular flexibility index (Phi) is 15.3. The third-order valence-corrected chi connectivity index (χ3v) is 9.00. The monoisotopic (exact) mass is 604 g/mol. The molecule has 0 saturated carbocycles. The van der Waals surface area contributed by atoms with Gasteiger partial charge in [0.2, 0.25) is 0 Å². The van der Waals surface area contributed by atoms with Gasteiger partial charge in [0.25, 0.3) is 0 Å². The van der Waals surface area contributed by atoms with Gasteiger partial charge >= 0.3 is 35.5 Å². The number of methoxy groups -OCH3 is 1. The van der Waals surface area contributed by atoms with E-state index in [4.69, 9.17) is 4.74 Å². The van der Waals surface area contributed by atoms with Gasteiger partial charge in [0.15, 0.2) is 11.6 Å². The van der Waals surface area contributed by atoms with Crippen LogP contribution in [0.5, 0.6) is 0 Å². The van der Waals surface area contributed by atoms with Crippen LogP contribution in [0.15, 0.2) is 82.0 Å². The molecule has 0 heterocycles. The van der Waals surface area contributed by atoms with Crippen LogP contribution < -0.4 is 34.7 Å². The van der Waals surface area contributed by atoms with Crippen molar-refractivity contribution in [3.05, 3.63) is 83.3 Å². The fourth-order valence-electron chi connectivity index (χ4n) is 4.72. The number of hydrogen-bond acceptors (Lipinski definition) is 8. The molecule has 2 aliphatic rings. The first kappa shape index (κ1) is 35.2. The number of allylic oxidation sites excluding steroid dienone is 3. The molecule has 2 aromatic carbocycles. The van der Waals surface area contributed by atoms with Gasteiger partial charge in [-0.15, -0.1) is 29.3 Å². The average Bonchev–Trinajstić information content (AvgIpc) is 2.90. The van der Waals surface area contributed by atoms with Crippen molar-refractivity contribution in [3.63, 3.8) is 0 Å². The van der Waals surface area contributed by atoms with E-state index >= 15 is 0 Å².